The Morgan fingerprint density at radius 2 is 1.94 bits per heavy atom. The van der Waals surface area contributed by atoms with Gasteiger partial charge in [0.25, 0.3) is 0 Å². The molecule has 1 aromatic carbocycles. The van der Waals surface area contributed by atoms with Crippen LogP contribution in [-0.4, -0.2) is 50.9 Å². The van der Waals surface area contributed by atoms with Gasteiger partial charge in [-0.1, -0.05) is 23.2 Å². The van der Waals surface area contributed by atoms with Crippen LogP contribution in [0.1, 0.15) is 38.1 Å². The summed E-state index contributed by atoms with van der Waals surface area (Å²) in [5.74, 6) is -0.575. The van der Waals surface area contributed by atoms with Crippen LogP contribution < -0.4 is 16.4 Å². The van der Waals surface area contributed by atoms with E-state index < -0.39 is 18.0 Å². The fraction of sp³-hybridized carbons (Fsp3) is 0.478. The van der Waals surface area contributed by atoms with E-state index in [9.17, 15) is 13.6 Å². The van der Waals surface area contributed by atoms with Crippen LogP contribution in [0.15, 0.2) is 18.3 Å². The van der Waals surface area contributed by atoms with E-state index in [-0.39, 0.29) is 46.2 Å². The maximum Gasteiger partial charge on any atom is 0.225 e. The van der Waals surface area contributed by atoms with Crippen LogP contribution in [0.5, 0.6) is 0 Å². The van der Waals surface area contributed by atoms with Crippen LogP contribution in [0.25, 0.3) is 11.2 Å². The van der Waals surface area contributed by atoms with Crippen LogP contribution in [0.2, 0.25) is 10.0 Å². The lowest BCUT2D eigenvalue weighted by atomic mass is 9.85. The molecule has 2 fully saturated rings. The van der Waals surface area contributed by atoms with E-state index >= 15 is 0 Å². The molecule has 13 heteroatoms. The van der Waals surface area contributed by atoms with Crippen molar-refractivity contribution in [1.29, 1.82) is 0 Å². The van der Waals surface area contributed by atoms with Crippen LogP contribution in [0, 0.1) is 11.7 Å². The number of nitrogens with two attached hydrogens (primary N) is 1. The quantitative estimate of drug-likeness (QED) is 0.412. The number of carbonyl (C=O) groups is 1. The Kier molecular flexibility index (Phi) is 7.14. The zero-order valence-corrected chi connectivity index (χ0v) is 20.7. The summed E-state index contributed by atoms with van der Waals surface area (Å²) in [5.41, 5.74) is 6.50. The number of anilines is 3. The number of ether oxygens (including phenoxy) is 1. The molecule has 2 aliphatic rings. The predicted octanol–water partition coefficient (Wildman–Crippen LogP) is 4.77. The van der Waals surface area contributed by atoms with Crippen molar-refractivity contribution in [2.24, 2.45) is 11.7 Å². The third-order valence-corrected chi connectivity index (χ3v) is 7.26. The third kappa shape index (κ3) is 5.05. The van der Waals surface area contributed by atoms with Crippen molar-refractivity contribution in [3.8, 4) is 0 Å². The lowest BCUT2D eigenvalue weighted by Gasteiger charge is -2.29. The predicted molar refractivity (Wildman–Crippen MR) is 133 cm³/mol. The number of alkyl halides is 1. The van der Waals surface area contributed by atoms with Crippen LogP contribution in [0.3, 0.4) is 0 Å². The van der Waals surface area contributed by atoms with Gasteiger partial charge < -0.3 is 21.1 Å². The molecule has 4 N–H and O–H groups in total. The van der Waals surface area contributed by atoms with Gasteiger partial charge in [0.1, 0.15) is 17.5 Å². The molecule has 0 bridgehead atoms. The fourth-order valence-corrected chi connectivity index (χ4v) is 5.33. The Bertz CT molecular complexity index is 1260. The first-order valence-corrected chi connectivity index (χ1v) is 12.5. The number of aromatic nitrogens is 4. The standard InChI is InChI=1S/C23H25Cl2F2N7O2/c24-12-7-14(25)19(15(26)8-12)32-23-31-18-9-29-22(30-17-5-6-36-10-16(17)27)33-21(18)34(23)13-3-1-11(2-4-13)20(28)35/h7-9,11,13,16-17H,1-6,10H2,(H2,28,35)(H,31,32)(H,29,30,33)/t11-,13-,16-,17-/m1/s1. The second kappa shape index (κ2) is 10.3. The van der Waals surface area contributed by atoms with Gasteiger partial charge in [-0.3, -0.25) is 9.36 Å². The Labute approximate surface area is 215 Å². The number of hydrogen-bond acceptors (Lipinski definition) is 7. The van der Waals surface area contributed by atoms with E-state index in [1.807, 2.05) is 4.57 Å². The number of benzene rings is 1. The van der Waals surface area contributed by atoms with Gasteiger partial charge in [-0.2, -0.15) is 4.98 Å². The van der Waals surface area contributed by atoms with Crippen LogP contribution in [-0.2, 0) is 9.53 Å². The number of nitrogens with one attached hydrogen (secondary N) is 2. The summed E-state index contributed by atoms with van der Waals surface area (Å²) in [7, 11) is 0. The largest absolute Gasteiger partial charge is 0.378 e. The highest BCUT2D eigenvalue weighted by Crippen LogP contribution is 2.38. The van der Waals surface area contributed by atoms with E-state index in [1.54, 1.807) is 0 Å². The molecule has 2 atom stereocenters. The van der Waals surface area contributed by atoms with Crippen molar-refractivity contribution in [1.82, 2.24) is 19.5 Å². The summed E-state index contributed by atoms with van der Waals surface area (Å²) < 4.78 is 36.1. The van der Waals surface area contributed by atoms with Gasteiger partial charge in [0, 0.05) is 23.6 Å². The Balaban J connectivity index is 1.53. The van der Waals surface area contributed by atoms with E-state index in [4.69, 9.17) is 33.7 Å². The monoisotopic (exact) mass is 539 g/mol. The lowest BCUT2D eigenvalue weighted by molar-refractivity contribution is -0.122. The molecule has 0 spiro atoms. The highest BCUT2D eigenvalue weighted by Gasteiger charge is 2.30. The van der Waals surface area contributed by atoms with Crippen molar-refractivity contribution >= 4 is 57.9 Å². The minimum atomic E-state index is -1.18. The van der Waals surface area contributed by atoms with Gasteiger partial charge in [-0.25, -0.2) is 18.7 Å². The summed E-state index contributed by atoms with van der Waals surface area (Å²) in [6.07, 6.45) is 3.34. The normalized spacial score (nSPS) is 24.6. The average Bonchev–Trinajstić information content (AvgIpc) is 3.20. The number of halogens is 4. The molecule has 192 valence electrons. The summed E-state index contributed by atoms with van der Waals surface area (Å²) >= 11 is 12.2. The summed E-state index contributed by atoms with van der Waals surface area (Å²) in [6, 6.07) is 2.02. The number of amides is 1. The summed E-state index contributed by atoms with van der Waals surface area (Å²) in [4.78, 5) is 25.2. The van der Waals surface area contributed by atoms with Gasteiger partial charge in [-0.05, 0) is 44.2 Å². The minimum Gasteiger partial charge on any atom is -0.378 e. The highest BCUT2D eigenvalue weighted by molar-refractivity contribution is 6.36. The highest BCUT2D eigenvalue weighted by atomic mass is 35.5. The molecule has 0 radical (unpaired) electrons. The zero-order valence-electron chi connectivity index (χ0n) is 19.2. The average molecular weight is 540 g/mol. The number of hydrogen-bond donors (Lipinski definition) is 3. The Morgan fingerprint density at radius 1 is 1.17 bits per heavy atom. The molecule has 0 unspecified atom stereocenters. The van der Waals surface area contributed by atoms with Crippen molar-refractivity contribution in [2.45, 2.75) is 50.4 Å². The number of fused-ring (bicyclic) bond motifs is 1. The minimum absolute atomic E-state index is 0.0163. The van der Waals surface area contributed by atoms with Gasteiger partial charge >= 0.3 is 0 Å². The maximum atomic E-state index is 14.7. The van der Waals surface area contributed by atoms with Gasteiger partial charge in [0.15, 0.2) is 5.65 Å². The lowest BCUT2D eigenvalue weighted by Crippen LogP contribution is -2.39. The molecule has 1 aliphatic heterocycles. The second-order valence-corrected chi connectivity index (χ2v) is 9.96. The second-order valence-electron chi connectivity index (χ2n) is 9.12. The van der Waals surface area contributed by atoms with E-state index in [1.165, 1.54) is 12.3 Å². The molecular weight excluding hydrogens is 515 g/mol. The topological polar surface area (TPSA) is 120 Å². The summed E-state index contributed by atoms with van der Waals surface area (Å²) in [6.45, 7) is 0.464. The molecule has 36 heavy (non-hydrogen) atoms. The molecule has 5 rings (SSSR count). The molecule has 3 aromatic rings. The number of rotatable bonds is 6. The van der Waals surface area contributed by atoms with Crippen LogP contribution in [0.4, 0.5) is 26.4 Å². The van der Waals surface area contributed by atoms with E-state index in [0.717, 1.165) is 6.07 Å². The number of primary amides is 1. The SMILES string of the molecule is NC(=O)[C@H]1CC[C@H](n2c(Nc3c(F)cc(Cl)cc3Cl)nc3cnc(N[C@@H]4CCOC[C@H]4F)nc32)CC1. The molecule has 1 amide bonds. The number of carbonyl (C=O) groups excluding carboxylic acids is 1. The molecule has 2 aromatic heterocycles. The molecule has 1 aliphatic carbocycles. The first-order chi connectivity index (χ1) is 17.3. The molecule has 1 saturated carbocycles. The van der Waals surface area contributed by atoms with Crippen molar-refractivity contribution in [2.75, 3.05) is 23.8 Å². The Hall–Kier alpha value is -2.76. The molecule has 9 nitrogen and oxygen atoms in total. The maximum absolute atomic E-state index is 14.7. The number of imidazole rings is 1. The third-order valence-electron chi connectivity index (χ3n) is 6.74. The molecule has 1 saturated heterocycles. The van der Waals surface area contributed by atoms with Gasteiger partial charge in [-0.15, -0.1) is 0 Å². The smallest absolute Gasteiger partial charge is 0.225 e. The first-order valence-electron chi connectivity index (χ1n) is 11.7. The van der Waals surface area contributed by atoms with E-state index in [0.29, 0.717) is 55.8 Å². The Morgan fingerprint density at radius 3 is 2.64 bits per heavy atom. The van der Waals surface area contributed by atoms with Crippen LogP contribution >= 0.6 is 23.2 Å². The van der Waals surface area contributed by atoms with E-state index in [2.05, 4.69) is 25.6 Å². The van der Waals surface area contributed by atoms with Gasteiger partial charge in [0.05, 0.1) is 29.6 Å². The van der Waals surface area contributed by atoms with Crippen molar-refractivity contribution in [3.05, 3.63) is 34.2 Å². The van der Waals surface area contributed by atoms with Crippen molar-refractivity contribution in [3.63, 3.8) is 0 Å². The first kappa shape index (κ1) is 24.9. The molecular formula is C23H25Cl2F2N7O2. The van der Waals surface area contributed by atoms with Gasteiger partial charge in [0.2, 0.25) is 17.8 Å². The van der Waals surface area contributed by atoms with Crippen molar-refractivity contribution < 1.29 is 18.3 Å². The molecule has 3 heterocycles. The summed E-state index contributed by atoms with van der Waals surface area (Å²) in [5, 5.41) is 6.32. The fourth-order valence-electron chi connectivity index (χ4n) is 4.82. The number of nitrogens with zero attached hydrogens (tertiary/aromatic N) is 4. The zero-order chi connectivity index (χ0) is 25.4.